The lowest BCUT2D eigenvalue weighted by Crippen LogP contribution is -2.24. The van der Waals surface area contributed by atoms with Crippen molar-refractivity contribution in [3.63, 3.8) is 0 Å². The molecule has 2 aromatic carbocycles. The van der Waals surface area contributed by atoms with Gasteiger partial charge in [-0.2, -0.15) is 5.10 Å². The number of ether oxygens (including phenoxy) is 3. The molecule has 10 heteroatoms. The fraction of sp³-hybridized carbons (Fsp3) is 0.238. The third-order valence-electron chi connectivity index (χ3n) is 3.71. The second kappa shape index (κ2) is 11.9. The Kier molecular flexibility index (Phi) is 8.96. The summed E-state index contributed by atoms with van der Waals surface area (Å²) >= 11 is 0. The zero-order valence-corrected chi connectivity index (χ0v) is 17.0. The van der Waals surface area contributed by atoms with Gasteiger partial charge in [0.05, 0.1) is 25.6 Å². The summed E-state index contributed by atoms with van der Waals surface area (Å²) in [6, 6.07) is 10.4. The van der Waals surface area contributed by atoms with Crippen molar-refractivity contribution >= 4 is 29.7 Å². The van der Waals surface area contributed by atoms with Gasteiger partial charge in [0.1, 0.15) is 12.2 Å². The molecule has 0 heterocycles. The molecule has 0 saturated heterocycles. The van der Waals surface area contributed by atoms with Crippen LogP contribution in [0.2, 0.25) is 0 Å². The summed E-state index contributed by atoms with van der Waals surface area (Å²) in [4.78, 5) is 35.0. The average Bonchev–Trinajstić information content (AvgIpc) is 2.74. The van der Waals surface area contributed by atoms with E-state index in [1.54, 1.807) is 31.2 Å². The zero-order valence-electron chi connectivity index (χ0n) is 17.0. The first-order valence-electron chi connectivity index (χ1n) is 9.25. The van der Waals surface area contributed by atoms with E-state index < -0.39 is 30.0 Å². The molecule has 2 amide bonds. The van der Waals surface area contributed by atoms with E-state index in [-0.39, 0.29) is 18.9 Å². The van der Waals surface area contributed by atoms with Gasteiger partial charge in [-0.05, 0) is 42.8 Å². The highest BCUT2D eigenvalue weighted by Gasteiger charge is 2.11. The van der Waals surface area contributed by atoms with Crippen molar-refractivity contribution in [1.82, 2.24) is 5.43 Å². The number of rotatable bonds is 10. The summed E-state index contributed by atoms with van der Waals surface area (Å²) < 4.78 is 28.9. The second-order valence-corrected chi connectivity index (χ2v) is 6.00. The van der Waals surface area contributed by atoms with Crippen LogP contribution in [0.25, 0.3) is 0 Å². The van der Waals surface area contributed by atoms with Gasteiger partial charge in [0.2, 0.25) is 11.8 Å². The van der Waals surface area contributed by atoms with Crippen molar-refractivity contribution < 1.29 is 33.0 Å². The summed E-state index contributed by atoms with van der Waals surface area (Å²) in [6.45, 7) is 1.69. The van der Waals surface area contributed by atoms with Gasteiger partial charge in [-0.3, -0.25) is 9.59 Å². The predicted molar refractivity (Wildman–Crippen MR) is 111 cm³/mol. The summed E-state index contributed by atoms with van der Waals surface area (Å²) in [7, 11) is 1.43. The first-order valence-corrected chi connectivity index (χ1v) is 9.25. The van der Waals surface area contributed by atoms with E-state index in [1.165, 1.54) is 31.5 Å². The van der Waals surface area contributed by atoms with Crippen molar-refractivity contribution in [2.75, 3.05) is 25.6 Å². The third-order valence-corrected chi connectivity index (χ3v) is 3.71. The molecule has 2 rings (SSSR count). The number of hydrogen-bond donors (Lipinski definition) is 2. The number of benzene rings is 2. The molecular formula is C21H22FN3O6. The van der Waals surface area contributed by atoms with E-state index in [2.05, 4.69) is 15.8 Å². The molecule has 0 atom stereocenters. The first-order chi connectivity index (χ1) is 14.9. The highest BCUT2D eigenvalue weighted by molar-refractivity contribution is 6.03. The van der Waals surface area contributed by atoms with Crippen molar-refractivity contribution in [3.05, 3.63) is 53.8 Å². The number of hydrogen-bond acceptors (Lipinski definition) is 7. The molecule has 0 aliphatic rings. The largest absolute Gasteiger partial charge is 0.493 e. The molecule has 2 aromatic rings. The molecule has 0 saturated carbocycles. The lowest BCUT2D eigenvalue weighted by atomic mass is 10.2. The van der Waals surface area contributed by atoms with Crippen LogP contribution in [-0.4, -0.2) is 44.3 Å². The van der Waals surface area contributed by atoms with Gasteiger partial charge < -0.3 is 19.5 Å². The fourth-order valence-corrected chi connectivity index (χ4v) is 2.34. The molecule has 0 aromatic heterocycles. The highest BCUT2D eigenvalue weighted by atomic mass is 19.1. The van der Waals surface area contributed by atoms with Crippen molar-refractivity contribution in [3.8, 4) is 11.5 Å². The number of methoxy groups -OCH3 is 1. The van der Waals surface area contributed by atoms with Gasteiger partial charge in [0, 0.05) is 0 Å². The number of anilines is 1. The molecule has 0 aliphatic heterocycles. The number of carbonyl (C=O) groups excluding carboxylic acids is 3. The number of carbonyl (C=O) groups is 3. The van der Waals surface area contributed by atoms with Gasteiger partial charge in [-0.1, -0.05) is 12.1 Å². The minimum atomic E-state index is -0.678. The highest BCUT2D eigenvalue weighted by Crippen LogP contribution is 2.27. The van der Waals surface area contributed by atoms with Crippen molar-refractivity contribution in [2.24, 2.45) is 5.10 Å². The Hall–Kier alpha value is -3.95. The van der Waals surface area contributed by atoms with Crippen LogP contribution >= 0.6 is 0 Å². The van der Waals surface area contributed by atoms with Crippen LogP contribution in [0.15, 0.2) is 47.6 Å². The topological polar surface area (TPSA) is 115 Å². The molecule has 0 radical (unpaired) electrons. The molecule has 164 valence electrons. The normalized spacial score (nSPS) is 10.4. The molecule has 31 heavy (non-hydrogen) atoms. The summed E-state index contributed by atoms with van der Waals surface area (Å²) in [5, 5.41) is 6.08. The van der Waals surface area contributed by atoms with Gasteiger partial charge in [-0.15, -0.1) is 0 Å². The standard InChI is InChI=1S/C21H22FN3O6/c1-3-30-21(28)13-31-17-9-8-14(10-18(17)29-2)12-23-25-20(27)11-19(26)24-16-7-5-4-6-15(16)22/h4-10,12H,3,11,13H2,1-2H3,(H,24,26)(H,25,27). The molecule has 0 bridgehead atoms. The van der Waals surface area contributed by atoms with Crippen LogP contribution in [0.3, 0.4) is 0 Å². The number of nitrogens with one attached hydrogen (secondary N) is 2. The molecule has 0 aliphatic carbocycles. The van der Waals surface area contributed by atoms with E-state index in [9.17, 15) is 18.8 Å². The summed E-state index contributed by atoms with van der Waals surface area (Å²) in [6.07, 6.45) is 0.806. The number of amides is 2. The Balaban J connectivity index is 1.87. The number of para-hydroxylation sites is 1. The fourth-order valence-electron chi connectivity index (χ4n) is 2.34. The number of esters is 1. The minimum Gasteiger partial charge on any atom is -0.493 e. The van der Waals surface area contributed by atoms with E-state index in [4.69, 9.17) is 14.2 Å². The summed E-state index contributed by atoms with van der Waals surface area (Å²) in [5.41, 5.74) is 2.76. The van der Waals surface area contributed by atoms with Crippen molar-refractivity contribution in [1.29, 1.82) is 0 Å². The third kappa shape index (κ3) is 7.77. The number of halogens is 1. The maximum Gasteiger partial charge on any atom is 0.344 e. The molecule has 9 nitrogen and oxygen atoms in total. The number of nitrogens with zero attached hydrogens (tertiary/aromatic N) is 1. The van der Waals surface area contributed by atoms with Crippen LogP contribution in [0.5, 0.6) is 11.5 Å². The molecule has 0 unspecified atom stereocenters. The Labute approximate surface area is 178 Å². The smallest absolute Gasteiger partial charge is 0.344 e. The first kappa shape index (κ1) is 23.3. The maximum absolute atomic E-state index is 13.5. The molecule has 2 N–H and O–H groups in total. The van der Waals surface area contributed by atoms with Gasteiger partial charge in [-0.25, -0.2) is 14.6 Å². The van der Waals surface area contributed by atoms with Crippen LogP contribution in [0, 0.1) is 5.82 Å². The van der Waals surface area contributed by atoms with Crippen LogP contribution in [0.1, 0.15) is 18.9 Å². The average molecular weight is 431 g/mol. The minimum absolute atomic E-state index is 0.0128. The maximum atomic E-state index is 13.5. The van der Waals surface area contributed by atoms with Gasteiger partial charge in [0.15, 0.2) is 18.1 Å². The quantitative estimate of drug-likeness (QED) is 0.258. The molecule has 0 spiro atoms. The van der Waals surface area contributed by atoms with Crippen LogP contribution in [-0.2, 0) is 19.1 Å². The second-order valence-electron chi connectivity index (χ2n) is 6.00. The van der Waals surface area contributed by atoms with Crippen LogP contribution in [0.4, 0.5) is 10.1 Å². The van der Waals surface area contributed by atoms with E-state index in [1.807, 2.05) is 0 Å². The molecular weight excluding hydrogens is 409 g/mol. The van der Waals surface area contributed by atoms with Crippen LogP contribution < -0.4 is 20.2 Å². The monoisotopic (exact) mass is 431 g/mol. The summed E-state index contributed by atoms with van der Waals surface area (Å²) in [5.74, 6) is -1.77. The van der Waals surface area contributed by atoms with Crippen molar-refractivity contribution in [2.45, 2.75) is 13.3 Å². The Bertz CT molecular complexity index is 964. The van der Waals surface area contributed by atoms with E-state index in [0.717, 1.165) is 0 Å². The Morgan fingerprint density at radius 2 is 1.87 bits per heavy atom. The number of hydrazone groups is 1. The zero-order chi connectivity index (χ0) is 22.6. The van der Waals surface area contributed by atoms with E-state index >= 15 is 0 Å². The lowest BCUT2D eigenvalue weighted by Gasteiger charge is -2.10. The van der Waals surface area contributed by atoms with Gasteiger partial charge in [0.25, 0.3) is 0 Å². The molecule has 0 fully saturated rings. The predicted octanol–water partition coefficient (Wildman–Crippen LogP) is 2.26. The lowest BCUT2D eigenvalue weighted by molar-refractivity contribution is -0.145. The SMILES string of the molecule is CCOC(=O)COc1ccc(C=NNC(=O)CC(=O)Nc2ccccc2F)cc1OC. The Morgan fingerprint density at radius 1 is 1.10 bits per heavy atom. The van der Waals surface area contributed by atoms with Gasteiger partial charge >= 0.3 is 5.97 Å². The Morgan fingerprint density at radius 3 is 2.58 bits per heavy atom. The van der Waals surface area contributed by atoms with E-state index in [0.29, 0.717) is 17.1 Å².